The maximum Gasteiger partial charge on any atom is 0.336 e. The number of benzene rings is 1. The van der Waals surface area contributed by atoms with Gasteiger partial charge in [-0.15, -0.1) is 0 Å². The molecule has 1 N–H and O–H groups in total. The molecule has 0 saturated carbocycles. The van der Waals surface area contributed by atoms with Crippen LogP contribution in [0.2, 0.25) is 5.15 Å². The van der Waals surface area contributed by atoms with Gasteiger partial charge in [0, 0.05) is 30.6 Å². The molecular formula is C18H14ClN3O2. The van der Waals surface area contributed by atoms with E-state index in [1.54, 1.807) is 60.5 Å². The fourth-order valence-electron chi connectivity index (χ4n) is 2.39. The molecule has 5 nitrogen and oxygen atoms in total. The topological polar surface area (TPSA) is 68.0 Å². The molecule has 6 heteroatoms. The zero-order chi connectivity index (χ0) is 17.1. The predicted molar refractivity (Wildman–Crippen MR) is 93.8 cm³/mol. The van der Waals surface area contributed by atoms with Crippen LogP contribution in [0.3, 0.4) is 0 Å². The van der Waals surface area contributed by atoms with E-state index in [0.29, 0.717) is 22.0 Å². The Kier molecular flexibility index (Phi) is 4.44. The molecule has 2 aromatic heterocycles. The summed E-state index contributed by atoms with van der Waals surface area (Å²) in [5, 5.41) is 14.2. The summed E-state index contributed by atoms with van der Waals surface area (Å²) in [6.07, 6.45) is 6.90. The van der Waals surface area contributed by atoms with Crippen LogP contribution >= 0.6 is 11.6 Å². The van der Waals surface area contributed by atoms with Crippen molar-refractivity contribution < 1.29 is 9.90 Å². The Labute approximate surface area is 143 Å². The van der Waals surface area contributed by atoms with E-state index in [-0.39, 0.29) is 5.56 Å². The number of pyridine rings is 1. The molecule has 0 spiro atoms. The van der Waals surface area contributed by atoms with Crippen molar-refractivity contribution in [1.82, 2.24) is 14.8 Å². The Morgan fingerprint density at radius 1 is 1.21 bits per heavy atom. The van der Waals surface area contributed by atoms with Crippen LogP contribution in [-0.4, -0.2) is 25.8 Å². The molecule has 0 aliphatic rings. The lowest BCUT2D eigenvalue weighted by Crippen LogP contribution is -1.98. The zero-order valence-electron chi connectivity index (χ0n) is 12.8. The molecule has 120 valence electrons. The number of aryl methyl sites for hydroxylation is 1. The number of hydrogen-bond acceptors (Lipinski definition) is 3. The van der Waals surface area contributed by atoms with E-state index in [0.717, 1.165) is 5.56 Å². The van der Waals surface area contributed by atoms with Crippen molar-refractivity contribution in [3.8, 4) is 11.3 Å². The first-order chi connectivity index (χ1) is 11.6. The van der Waals surface area contributed by atoms with Crippen LogP contribution in [0.5, 0.6) is 0 Å². The Hall–Kier alpha value is -2.92. The van der Waals surface area contributed by atoms with Crippen LogP contribution in [0.4, 0.5) is 0 Å². The molecule has 0 amide bonds. The van der Waals surface area contributed by atoms with Gasteiger partial charge in [0.05, 0.1) is 5.56 Å². The second-order valence-corrected chi connectivity index (χ2v) is 5.50. The number of hydrogen-bond donors (Lipinski definition) is 1. The van der Waals surface area contributed by atoms with Crippen LogP contribution < -0.4 is 0 Å². The van der Waals surface area contributed by atoms with E-state index >= 15 is 0 Å². The van der Waals surface area contributed by atoms with Crippen molar-refractivity contribution in [2.45, 2.75) is 0 Å². The quantitative estimate of drug-likeness (QED) is 0.780. The minimum absolute atomic E-state index is 0.233. The average molecular weight is 340 g/mol. The molecule has 1 aromatic carbocycles. The highest BCUT2D eigenvalue weighted by atomic mass is 35.5. The highest BCUT2D eigenvalue weighted by Crippen LogP contribution is 2.29. The summed E-state index contributed by atoms with van der Waals surface area (Å²) in [7, 11) is 1.75. The predicted octanol–water partition coefficient (Wildman–Crippen LogP) is 4.00. The van der Waals surface area contributed by atoms with Gasteiger partial charge in [-0.2, -0.15) is 5.10 Å². The maximum atomic E-state index is 11.3. The first-order valence-corrected chi connectivity index (χ1v) is 7.59. The third kappa shape index (κ3) is 3.07. The summed E-state index contributed by atoms with van der Waals surface area (Å²) in [6.45, 7) is 0. The van der Waals surface area contributed by atoms with E-state index in [9.17, 15) is 9.90 Å². The largest absolute Gasteiger partial charge is 0.478 e. The molecule has 2 heterocycles. The van der Waals surface area contributed by atoms with Crippen molar-refractivity contribution in [2.75, 3.05) is 0 Å². The number of aromatic carboxylic acids is 1. The lowest BCUT2D eigenvalue weighted by atomic mass is 10.0. The van der Waals surface area contributed by atoms with E-state index in [1.165, 1.54) is 0 Å². The Balaban J connectivity index is 2.07. The van der Waals surface area contributed by atoms with Gasteiger partial charge in [-0.1, -0.05) is 35.9 Å². The molecule has 3 rings (SSSR count). The van der Waals surface area contributed by atoms with Crippen molar-refractivity contribution in [3.05, 3.63) is 70.6 Å². The molecule has 0 unspecified atom stereocenters. The fourth-order valence-corrected chi connectivity index (χ4v) is 2.58. The number of carbonyl (C=O) groups is 1. The van der Waals surface area contributed by atoms with Gasteiger partial charge in [0.25, 0.3) is 0 Å². The molecule has 0 bridgehead atoms. The first kappa shape index (κ1) is 16.0. The Morgan fingerprint density at radius 3 is 2.71 bits per heavy atom. The zero-order valence-corrected chi connectivity index (χ0v) is 13.6. The van der Waals surface area contributed by atoms with E-state index in [2.05, 4.69) is 10.1 Å². The van der Waals surface area contributed by atoms with Crippen molar-refractivity contribution in [1.29, 1.82) is 0 Å². The van der Waals surface area contributed by atoms with Gasteiger partial charge in [-0.3, -0.25) is 9.67 Å². The highest BCUT2D eigenvalue weighted by Gasteiger charge is 2.14. The van der Waals surface area contributed by atoms with Gasteiger partial charge in [0.1, 0.15) is 10.8 Å². The van der Waals surface area contributed by atoms with Crippen LogP contribution in [0.25, 0.3) is 23.4 Å². The summed E-state index contributed by atoms with van der Waals surface area (Å²) in [6, 6.07) is 10.5. The minimum Gasteiger partial charge on any atom is -0.478 e. The van der Waals surface area contributed by atoms with Gasteiger partial charge in [-0.25, -0.2) is 4.79 Å². The van der Waals surface area contributed by atoms with Crippen molar-refractivity contribution >= 4 is 29.7 Å². The van der Waals surface area contributed by atoms with Gasteiger partial charge in [0.15, 0.2) is 0 Å². The van der Waals surface area contributed by atoms with Crippen LogP contribution in [-0.2, 0) is 7.05 Å². The molecule has 0 fully saturated rings. The normalized spacial score (nSPS) is 11.1. The summed E-state index contributed by atoms with van der Waals surface area (Å²) >= 11 is 6.34. The summed E-state index contributed by atoms with van der Waals surface area (Å²) < 4.78 is 1.58. The fraction of sp³-hybridized carbons (Fsp3) is 0.0556. The van der Waals surface area contributed by atoms with E-state index in [4.69, 9.17) is 11.6 Å². The maximum absolute atomic E-state index is 11.3. The van der Waals surface area contributed by atoms with Gasteiger partial charge in [0.2, 0.25) is 0 Å². The third-order valence-corrected chi connectivity index (χ3v) is 4.02. The molecule has 3 aromatic rings. The molecular weight excluding hydrogens is 326 g/mol. The van der Waals surface area contributed by atoms with Crippen LogP contribution in [0, 0.1) is 0 Å². The summed E-state index contributed by atoms with van der Waals surface area (Å²) in [5.74, 6) is -0.972. The number of aromatic nitrogens is 3. The minimum atomic E-state index is -0.972. The van der Waals surface area contributed by atoms with Crippen LogP contribution in [0.15, 0.2) is 48.8 Å². The SMILES string of the molecule is Cn1nc(-c2cccnc2)c(/C=C/c2ccccc2C(=O)O)c1Cl. The van der Waals surface area contributed by atoms with Crippen molar-refractivity contribution in [2.24, 2.45) is 7.05 Å². The summed E-state index contributed by atoms with van der Waals surface area (Å²) in [5.41, 5.74) is 3.08. The number of carboxylic acids is 1. The second-order valence-electron chi connectivity index (χ2n) is 5.14. The second kappa shape index (κ2) is 6.68. The van der Waals surface area contributed by atoms with E-state index in [1.807, 2.05) is 12.1 Å². The third-order valence-electron chi connectivity index (χ3n) is 3.57. The average Bonchev–Trinajstić information content (AvgIpc) is 2.89. The van der Waals surface area contributed by atoms with Crippen molar-refractivity contribution in [3.63, 3.8) is 0 Å². The van der Waals surface area contributed by atoms with Gasteiger partial charge in [-0.05, 0) is 29.8 Å². The molecule has 0 aliphatic heterocycles. The molecule has 0 saturated heterocycles. The summed E-state index contributed by atoms with van der Waals surface area (Å²) in [4.78, 5) is 15.4. The molecule has 0 aliphatic carbocycles. The number of nitrogens with zero attached hydrogens (tertiary/aromatic N) is 3. The van der Waals surface area contributed by atoms with E-state index < -0.39 is 5.97 Å². The molecule has 0 atom stereocenters. The smallest absolute Gasteiger partial charge is 0.336 e. The lowest BCUT2D eigenvalue weighted by Gasteiger charge is -2.01. The number of rotatable bonds is 4. The van der Waals surface area contributed by atoms with Crippen LogP contribution in [0.1, 0.15) is 21.5 Å². The number of halogens is 1. The first-order valence-electron chi connectivity index (χ1n) is 7.21. The standard InChI is InChI=1S/C18H14ClN3O2/c1-22-17(19)15(16(21-22)13-6-4-10-20-11-13)9-8-12-5-2-3-7-14(12)18(23)24/h2-11H,1H3,(H,23,24)/b9-8+. The Morgan fingerprint density at radius 2 is 2.00 bits per heavy atom. The van der Waals surface area contributed by atoms with Gasteiger partial charge >= 0.3 is 5.97 Å². The van der Waals surface area contributed by atoms with Gasteiger partial charge < -0.3 is 5.11 Å². The molecule has 0 radical (unpaired) electrons. The number of carboxylic acid groups (broad SMARTS) is 1. The monoisotopic (exact) mass is 339 g/mol. The Bertz CT molecular complexity index is 917. The highest BCUT2D eigenvalue weighted by molar-refractivity contribution is 6.31. The molecule has 24 heavy (non-hydrogen) atoms. The lowest BCUT2D eigenvalue weighted by molar-refractivity contribution is 0.0696.